The van der Waals surface area contributed by atoms with E-state index in [4.69, 9.17) is 0 Å². The summed E-state index contributed by atoms with van der Waals surface area (Å²) in [5.74, 6) is 0. The van der Waals surface area contributed by atoms with Gasteiger partial charge in [-0.25, -0.2) is 0 Å². The minimum absolute atomic E-state index is 0. The predicted molar refractivity (Wildman–Crippen MR) is 32.8 cm³/mol. The monoisotopic (exact) mass is 172 g/mol. The van der Waals surface area contributed by atoms with Gasteiger partial charge in [-0.15, -0.1) is 12.4 Å². The van der Waals surface area contributed by atoms with Crippen LogP contribution >= 0.6 is 12.4 Å². The fourth-order valence-corrected chi connectivity index (χ4v) is 2.60. The van der Waals surface area contributed by atoms with Gasteiger partial charge >= 0.3 is 47.4 Å². The molecule has 0 saturated carbocycles. The molecule has 0 nitrogen and oxygen atoms in total. The average Bonchev–Trinajstić information content (AvgIpc) is 1.61. The third kappa shape index (κ3) is 10.9. The fraction of sp³-hybridized carbons (Fsp3) is 1.00. The summed E-state index contributed by atoms with van der Waals surface area (Å²) < 4.78 is 0. The van der Waals surface area contributed by atoms with Crippen LogP contribution in [0, 0.1) is 0 Å². The minimum atomic E-state index is 0. The van der Waals surface area contributed by atoms with E-state index in [0.717, 1.165) is 0 Å². The number of rotatable bonds is 3. The van der Waals surface area contributed by atoms with Crippen LogP contribution in [-0.2, 0) is 17.1 Å². The van der Waals surface area contributed by atoms with Crippen LogP contribution in [0.1, 0.15) is 19.8 Å². The SMILES string of the molecule is CCC[CH2][Zn][CH3].Cl. The van der Waals surface area contributed by atoms with Crippen molar-refractivity contribution in [3.05, 3.63) is 0 Å². The Morgan fingerprint density at radius 3 is 2.14 bits per heavy atom. The second kappa shape index (κ2) is 10.0. The largest absolute Gasteiger partial charge is 0.147 e. The number of halogens is 1. The van der Waals surface area contributed by atoms with E-state index in [1.165, 1.54) is 12.8 Å². The van der Waals surface area contributed by atoms with E-state index in [1.807, 2.05) is 0 Å². The molecule has 0 aromatic rings. The minimum Gasteiger partial charge on any atom is -0.147 e. The molecule has 0 rings (SSSR count). The van der Waals surface area contributed by atoms with Crippen molar-refractivity contribution in [1.29, 1.82) is 0 Å². The Kier molecular flexibility index (Phi) is 15.5. The summed E-state index contributed by atoms with van der Waals surface area (Å²) in [6.07, 6.45) is 2.90. The average molecular weight is 174 g/mol. The summed E-state index contributed by atoms with van der Waals surface area (Å²) in [6, 6.07) is 0. The van der Waals surface area contributed by atoms with Crippen molar-refractivity contribution in [2.24, 2.45) is 0 Å². The molecular formula is C5H13ClZn. The Labute approximate surface area is 60.1 Å². The molecule has 0 unspecified atom stereocenters. The normalized spacial score (nSPS) is 6.57. The Hall–Kier alpha value is 0.913. The third-order valence-electron chi connectivity index (χ3n) is 0.957. The van der Waals surface area contributed by atoms with Gasteiger partial charge in [0.05, 0.1) is 0 Å². The molecule has 0 N–H and O–H groups in total. The molecule has 0 heterocycles. The van der Waals surface area contributed by atoms with Crippen LogP contribution in [0.2, 0.25) is 10.5 Å². The van der Waals surface area contributed by atoms with Gasteiger partial charge in [-0.3, -0.25) is 0 Å². The maximum Gasteiger partial charge on any atom is -0.147 e. The third-order valence-corrected chi connectivity index (χ3v) is 3.49. The van der Waals surface area contributed by atoms with Crippen molar-refractivity contribution >= 4 is 12.4 Å². The smallest absolute Gasteiger partial charge is 0.147 e. The van der Waals surface area contributed by atoms with E-state index in [2.05, 4.69) is 12.4 Å². The zero-order valence-corrected chi connectivity index (χ0v) is 9.02. The predicted octanol–water partition coefficient (Wildman–Crippen LogP) is 2.76. The maximum atomic E-state index is 2.42. The quantitative estimate of drug-likeness (QED) is 0.455. The van der Waals surface area contributed by atoms with Crippen LogP contribution in [0.5, 0.6) is 0 Å². The molecule has 2 heteroatoms. The van der Waals surface area contributed by atoms with Gasteiger partial charge in [0.1, 0.15) is 0 Å². The zero-order valence-electron chi connectivity index (χ0n) is 5.24. The molecular weight excluding hydrogens is 161 g/mol. The molecule has 0 saturated heterocycles. The van der Waals surface area contributed by atoms with Crippen LogP contribution in [0.25, 0.3) is 0 Å². The number of unbranched alkanes of at least 4 members (excludes halogenated alkanes) is 1. The Morgan fingerprint density at radius 1 is 1.43 bits per heavy atom. The number of hydrogen-bond acceptors (Lipinski definition) is 0. The number of hydrogen-bond donors (Lipinski definition) is 0. The summed E-state index contributed by atoms with van der Waals surface area (Å²) in [4.78, 5) is 0. The summed E-state index contributed by atoms with van der Waals surface area (Å²) in [5.41, 5.74) is 2.42. The summed E-state index contributed by atoms with van der Waals surface area (Å²) in [5, 5.41) is 1.60. The molecule has 0 aromatic carbocycles. The molecule has 0 aliphatic heterocycles. The first-order valence-electron chi connectivity index (χ1n) is 2.91. The van der Waals surface area contributed by atoms with Gasteiger partial charge in [0.15, 0.2) is 0 Å². The van der Waals surface area contributed by atoms with Crippen molar-refractivity contribution in [3.8, 4) is 0 Å². The van der Waals surface area contributed by atoms with Gasteiger partial charge < -0.3 is 0 Å². The van der Waals surface area contributed by atoms with Gasteiger partial charge in [0.25, 0.3) is 0 Å². The first-order valence-corrected chi connectivity index (χ1v) is 7.98. The van der Waals surface area contributed by atoms with E-state index in [0.29, 0.717) is 0 Å². The topological polar surface area (TPSA) is 0 Å². The molecule has 0 radical (unpaired) electrons. The van der Waals surface area contributed by atoms with Gasteiger partial charge in [0, 0.05) is 0 Å². The molecule has 0 amide bonds. The second-order valence-corrected chi connectivity index (χ2v) is 5.29. The molecule has 0 fully saturated rings. The second-order valence-electron chi connectivity index (χ2n) is 1.71. The van der Waals surface area contributed by atoms with Crippen LogP contribution < -0.4 is 0 Å². The molecule has 0 atom stereocenters. The van der Waals surface area contributed by atoms with Crippen molar-refractivity contribution in [2.75, 3.05) is 0 Å². The molecule has 42 valence electrons. The zero-order chi connectivity index (χ0) is 4.83. The van der Waals surface area contributed by atoms with Crippen molar-refractivity contribution in [2.45, 2.75) is 30.3 Å². The van der Waals surface area contributed by atoms with Gasteiger partial charge in [-0.2, -0.15) is 0 Å². The van der Waals surface area contributed by atoms with E-state index in [1.54, 1.807) is 5.02 Å². The van der Waals surface area contributed by atoms with E-state index >= 15 is 0 Å². The van der Waals surface area contributed by atoms with E-state index in [-0.39, 0.29) is 29.5 Å². The van der Waals surface area contributed by atoms with Crippen molar-refractivity contribution in [1.82, 2.24) is 0 Å². The van der Waals surface area contributed by atoms with Gasteiger partial charge in [-0.05, 0) is 0 Å². The van der Waals surface area contributed by atoms with Gasteiger partial charge in [0.2, 0.25) is 0 Å². The first-order chi connectivity index (χ1) is 2.91. The maximum absolute atomic E-state index is 2.42. The van der Waals surface area contributed by atoms with Crippen molar-refractivity contribution in [3.63, 3.8) is 0 Å². The van der Waals surface area contributed by atoms with Crippen LogP contribution in [0.4, 0.5) is 0 Å². The summed E-state index contributed by atoms with van der Waals surface area (Å²) in [7, 11) is 0. The molecule has 0 bridgehead atoms. The van der Waals surface area contributed by atoms with Crippen LogP contribution in [0.3, 0.4) is 0 Å². The molecule has 0 aliphatic carbocycles. The summed E-state index contributed by atoms with van der Waals surface area (Å²) in [6.45, 7) is 2.26. The van der Waals surface area contributed by atoms with Crippen molar-refractivity contribution < 1.29 is 17.1 Å². The Bertz CT molecular complexity index is 20.0. The van der Waals surface area contributed by atoms with Crippen LogP contribution in [-0.4, -0.2) is 0 Å². The first kappa shape index (κ1) is 10.8. The molecule has 0 spiro atoms. The Balaban J connectivity index is 0. The van der Waals surface area contributed by atoms with Gasteiger partial charge in [-0.1, -0.05) is 0 Å². The van der Waals surface area contributed by atoms with E-state index < -0.39 is 0 Å². The van der Waals surface area contributed by atoms with E-state index in [9.17, 15) is 0 Å². The molecule has 0 aromatic heterocycles. The summed E-state index contributed by atoms with van der Waals surface area (Å²) >= 11 is 0.0698. The fourth-order valence-electron chi connectivity index (χ4n) is 0.500. The van der Waals surface area contributed by atoms with Crippen LogP contribution in [0.15, 0.2) is 0 Å². The molecule has 7 heavy (non-hydrogen) atoms. The standard InChI is InChI=1S/C4H9.CH3.ClH.Zn/c1-3-4-2;;;/h1,3-4H2,2H3;1H3;1H;. The Morgan fingerprint density at radius 2 is 2.00 bits per heavy atom. The molecule has 0 aliphatic rings.